The molecule has 0 bridgehead atoms. The summed E-state index contributed by atoms with van der Waals surface area (Å²) in [6.45, 7) is 1.81. The lowest BCUT2D eigenvalue weighted by atomic mass is 9.94. The molecule has 3 rings (SSSR count). The number of carbonyl (C=O) groups is 1. The summed E-state index contributed by atoms with van der Waals surface area (Å²) in [5.74, 6) is -1.23. The van der Waals surface area contributed by atoms with Crippen LogP contribution in [0.1, 0.15) is 17.5 Å². The molecule has 2 heterocycles. The van der Waals surface area contributed by atoms with Gasteiger partial charge < -0.3 is 9.84 Å². The first kappa shape index (κ1) is 14.8. The second-order valence-corrected chi connectivity index (χ2v) is 5.63. The van der Waals surface area contributed by atoms with Crippen molar-refractivity contribution in [1.29, 1.82) is 0 Å². The number of nitrogens with zero attached hydrogens (tertiary/aromatic N) is 1. The van der Waals surface area contributed by atoms with Crippen molar-refractivity contribution in [2.75, 3.05) is 0 Å². The van der Waals surface area contributed by atoms with Gasteiger partial charge in [0.1, 0.15) is 11.0 Å². The van der Waals surface area contributed by atoms with Crippen molar-refractivity contribution >= 4 is 17.6 Å². The molecule has 114 valence electrons. The highest BCUT2D eigenvalue weighted by atomic mass is 35.5. The van der Waals surface area contributed by atoms with E-state index in [-0.39, 0.29) is 16.9 Å². The Bertz CT molecular complexity index is 763. The number of rotatable bonds is 2. The topological polar surface area (TPSA) is 59.4 Å². The molecule has 0 fully saturated rings. The molecule has 1 unspecified atom stereocenters. The number of benzene rings is 1. The van der Waals surface area contributed by atoms with Gasteiger partial charge >= 0.3 is 5.97 Å². The Labute approximate surface area is 131 Å². The molecule has 0 aliphatic carbocycles. The molecule has 1 aromatic heterocycles. The summed E-state index contributed by atoms with van der Waals surface area (Å²) < 4.78 is 19.6. The molecule has 0 radical (unpaired) electrons. The number of carboxylic acid groups (broad SMARTS) is 1. The van der Waals surface area contributed by atoms with Crippen molar-refractivity contribution in [2.24, 2.45) is 0 Å². The predicted molar refractivity (Wildman–Crippen MR) is 79.8 cm³/mol. The molecule has 1 N–H and O–H groups in total. The van der Waals surface area contributed by atoms with E-state index >= 15 is 0 Å². The van der Waals surface area contributed by atoms with Gasteiger partial charge in [-0.3, -0.25) is 0 Å². The van der Waals surface area contributed by atoms with E-state index in [1.807, 2.05) is 13.0 Å². The van der Waals surface area contributed by atoms with Crippen LogP contribution in [0, 0.1) is 12.7 Å². The quantitative estimate of drug-likeness (QED) is 0.858. The molecule has 0 saturated heterocycles. The van der Waals surface area contributed by atoms with Crippen molar-refractivity contribution in [3.05, 3.63) is 46.4 Å². The number of pyridine rings is 1. The summed E-state index contributed by atoms with van der Waals surface area (Å²) >= 11 is 5.98. The van der Waals surface area contributed by atoms with Crippen LogP contribution in [0.4, 0.5) is 4.39 Å². The van der Waals surface area contributed by atoms with Crippen LogP contribution in [0.3, 0.4) is 0 Å². The molecule has 4 nitrogen and oxygen atoms in total. The number of aliphatic carboxylic acids is 1. The second-order valence-electron chi connectivity index (χ2n) is 5.24. The zero-order valence-electron chi connectivity index (χ0n) is 11.8. The van der Waals surface area contributed by atoms with Gasteiger partial charge in [-0.2, -0.15) is 0 Å². The maximum absolute atomic E-state index is 14.2. The Balaban J connectivity index is 2.12. The summed E-state index contributed by atoms with van der Waals surface area (Å²) in [5.41, 5.74) is 2.50. The molecule has 0 spiro atoms. The van der Waals surface area contributed by atoms with Crippen LogP contribution in [0.25, 0.3) is 11.1 Å². The summed E-state index contributed by atoms with van der Waals surface area (Å²) in [4.78, 5) is 15.1. The lowest BCUT2D eigenvalue weighted by molar-refractivity contribution is -0.145. The Morgan fingerprint density at radius 2 is 2.18 bits per heavy atom. The standard InChI is InChI=1S/C16H13ClFNO3/c1-8-2-3-9(12(18)6-8)11-7-14(17)19-15-10(11)4-5-13(22-15)16(20)21/h2-3,6-7,13H,4-5H2,1H3,(H,20,21). The Morgan fingerprint density at radius 3 is 2.86 bits per heavy atom. The van der Waals surface area contributed by atoms with Crippen molar-refractivity contribution in [3.8, 4) is 17.0 Å². The number of halogens is 2. The van der Waals surface area contributed by atoms with Gasteiger partial charge in [0.15, 0.2) is 6.10 Å². The molecular formula is C16H13ClFNO3. The average Bonchev–Trinajstić information content (AvgIpc) is 2.45. The summed E-state index contributed by atoms with van der Waals surface area (Å²) in [5, 5.41) is 9.19. The smallest absolute Gasteiger partial charge is 0.344 e. The number of carboxylic acids is 1. The monoisotopic (exact) mass is 321 g/mol. The molecule has 6 heteroatoms. The maximum atomic E-state index is 14.2. The zero-order valence-corrected chi connectivity index (χ0v) is 12.5. The van der Waals surface area contributed by atoms with Gasteiger partial charge in [0.2, 0.25) is 5.88 Å². The van der Waals surface area contributed by atoms with Crippen LogP contribution in [0.2, 0.25) is 5.15 Å². The van der Waals surface area contributed by atoms with E-state index in [0.717, 1.165) is 5.56 Å². The third kappa shape index (κ3) is 2.64. The number of aromatic nitrogens is 1. The van der Waals surface area contributed by atoms with E-state index in [2.05, 4.69) is 4.98 Å². The first-order chi connectivity index (χ1) is 10.5. The number of aryl methyl sites for hydroxylation is 1. The van der Waals surface area contributed by atoms with Crippen LogP contribution in [0.5, 0.6) is 5.88 Å². The van der Waals surface area contributed by atoms with Gasteiger partial charge in [-0.15, -0.1) is 0 Å². The minimum Gasteiger partial charge on any atom is -0.479 e. The Morgan fingerprint density at radius 1 is 1.41 bits per heavy atom. The number of hydrogen-bond donors (Lipinski definition) is 1. The van der Waals surface area contributed by atoms with E-state index in [1.165, 1.54) is 6.07 Å². The highest BCUT2D eigenvalue weighted by Gasteiger charge is 2.29. The first-order valence-electron chi connectivity index (χ1n) is 6.81. The molecular weight excluding hydrogens is 309 g/mol. The number of ether oxygens (including phenoxy) is 1. The molecule has 22 heavy (non-hydrogen) atoms. The van der Waals surface area contributed by atoms with Gasteiger partial charge in [0.05, 0.1) is 0 Å². The van der Waals surface area contributed by atoms with Gasteiger partial charge in [0.25, 0.3) is 0 Å². The molecule has 1 aromatic carbocycles. The highest BCUT2D eigenvalue weighted by Crippen LogP contribution is 2.37. The fourth-order valence-electron chi connectivity index (χ4n) is 2.58. The minimum atomic E-state index is -1.05. The SMILES string of the molecule is Cc1ccc(-c2cc(Cl)nc3c2CCC(C(=O)O)O3)c(F)c1. The lowest BCUT2D eigenvalue weighted by Crippen LogP contribution is -2.31. The van der Waals surface area contributed by atoms with Crippen LogP contribution >= 0.6 is 11.6 Å². The van der Waals surface area contributed by atoms with E-state index in [4.69, 9.17) is 21.4 Å². The first-order valence-corrected chi connectivity index (χ1v) is 7.19. The van der Waals surface area contributed by atoms with Crippen molar-refractivity contribution in [2.45, 2.75) is 25.9 Å². The largest absolute Gasteiger partial charge is 0.479 e. The fourth-order valence-corrected chi connectivity index (χ4v) is 2.77. The van der Waals surface area contributed by atoms with Crippen LogP contribution in [-0.4, -0.2) is 22.2 Å². The Hall–Kier alpha value is -2.14. The van der Waals surface area contributed by atoms with Gasteiger partial charge in [0, 0.05) is 11.1 Å². The molecule has 2 aromatic rings. The molecule has 1 aliphatic heterocycles. The molecule has 0 amide bonds. The molecule has 0 saturated carbocycles. The number of hydrogen-bond acceptors (Lipinski definition) is 3. The van der Waals surface area contributed by atoms with Crippen LogP contribution < -0.4 is 4.74 Å². The minimum absolute atomic E-state index is 0.139. The van der Waals surface area contributed by atoms with E-state index < -0.39 is 12.1 Å². The van der Waals surface area contributed by atoms with Crippen LogP contribution in [0.15, 0.2) is 24.3 Å². The summed E-state index contributed by atoms with van der Waals surface area (Å²) in [7, 11) is 0. The highest BCUT2D eigenvalue weighted by molar-refractivity contribution is 6.29. The summed E-state index contributed by atoms with van der Waals surface area (Å²) in [6, 6.07) is 6.52. The summed E-state index contributed by atoms with van der Waals surface area (Å²) in [6.07, 6.45) is -0.195. The van der Waals surface area contributed by atoms with Crippen molar-refractivity contribution in [3.63, 3.8) is 0 Å². The predicted octanol–water partition coefficient (Wildman–Crippen LogP) is 3.63. The zero-order chi connectivity index (χ0) is 15.9. The van der Waals surface area contributed by atoms with E-state index in [0.29, 0.717) is 29.5 Å². The average molecular weight is 322 g/mol. The van der Waals surface area contributed by atoms with Crippen LogP contribution in [-0.2, 0) is 11.2 Å². The molecule has 1 aliphatic rings. The lowest BCUT2D eigenvalue weighted by Gasteiger charge is -2.24. The van der Waals surface area contributed by atoms with Crippen molar-refractivity contribution < 1.29 is 19.0 Å². The fraction of sp³-hybridized carbons (Fsp3) is 0.250. The van der Waals surface area contributed by atoms with Gasteiger partial charge in [-0.25, -0.2) is 14.2 Å². The van der Waals surface area contributed by atoms with Gasteiger partial charge in [-0.05, 0) is 43.0 Å². The maximum Gasteiger partial charge on any atom is 0.344 e. The normalized spacial score (nSPS) is 16.8. The molecule has 1 atom stereocenters. The number of fused-ring (bicyclic) bond motifs is 1. The third-order valence-corrected chi connectivity index (χ3v) is 3.85. The van der Waals surface area contributed by atoms with E-state index in [9.17, 15) is 9.18 Å². The third-order valence-electron chi connectivity index (χ3n) is 3.66. The van der Waals surface area contributed by atoms with Gasteiger partial charge in [-0.1, -0.05) is 23.7 Å². The van der Waals surface area contributed by atoms with E-state index in [1.54, 1.807) is 12.1 Å². The second kappa shape index (κ2) is 5.57. The van der Waals surface area contributed by atoms with Crippen molar-refractivity contribution in [1.82, 2.24) is 4.98 Å². The Kier molecular flexibility index (Phi) is 3.74.